The zero-order chi connectivity index (χ0) is 13.1. The quantitative estimate of drug-likeness (QED) is 0.855. The van der Waals surface area contributed by atoms with Crippen molar-refractivity contribution in [2.24, 2.45) is 0 Å². The van der Waals surface area contributed by atoms with Gasteiger partial charge in [-0.1, -0.05) is 0 Å². The van der Waals surface area contributed by atoms with Crippen molar-refractivity contribution in [3.05, 3.63) is 53.0 Å². The summed E-state index contributed by atoms with van der Waals surface area (Å²) < 4.78 is 44.1. The van der Waals surface area contributed by atoms with Crippen LogP contribution in [-0.4, -0.2) is 4.98 Å². The van der Waals surface area contributed by atoms with Gasteiger partial charge in [0.2, 0.25) is 5.89 Å². The fourth-order valence-electron chi connectivity index (χ4n) is 1.49. The summed E-state index contributed by atoms with van der Waals surface area (Å²) in [6, 6.07) is 1.36. The molecule has 1 heterocycles. The number of hydrogen-bond donors (Lipinski definition) is 1. The molecule has 6 heteroatoms. The van der Waals surface area contributed by atoms with Crippen molar-refractivity contribution in [2.45, 2.75) is 20.0 Å². The molecule has 0 aliphatic rings. The highest BCUT2D eigenvalue weighted by Crippen LogP contribution is 2.13. The molecule has 18 heavy (non-hydrogen) atoms. The molecule has 3 nitrogen and oxygen atoms in total. The van der Waals surface area contributed by atoms with Gasteiger partial charge in [0.25, 0.3) is 0 Å². The third-order valence-electron chi connectivity index (χ3n) is 2.35. The lowest BCUT2D eigenvalue weighted by Gasteiger charge is -2.05. The highest BCUT2D eigenvalue weighted by Gasteiger charge is 2.09. The van der Waals surface area contributed by atoms with Crippen LogP contribution in [0.15, 0.2) is 22.7 Å². The molecule has 0 unspecified atom stereocenters. The molecule has 0 amide bonds. The van der Waals surface area contributed by atoms with Crippen LogP contribution < -0.4 is 5.32 Å². The average Bonchev–Trinajstić information content (AvgIpc) is 2.71. The van der Waals surface area contributed by atoms with Crippen LogP contribution in [0.5, 0.6) is 0 Å². The summed E-state index contributed by atoms with van der Waals surface area (Å²) in [7, 11) is 0. The van der Waals surface area contributed by atoms with E-state index in [1.54, 1.807) is 13.1 Å². The SMILES string of the molecule is Cc1cnc(CNCc2cc(F)c(F)cc2F)o1. The Morgan fingerprint density at radius 3 is 2.50 bits per heavy atom. The Labute approximate surface area is 102 Å². The second-order valence-electron chi connectivity index (χ2n) is 3.83. The normalized spacial score (nSPS) is 10.9. The van der Waals surface area contributed by atoms with Crippen LogP contribution in [0.2, 0.25) is 0 Å². The fraction of sp³-hybridized carbons (Fsp3) is 0.250. The van der Waals surface area contributed by atoms with E-state index in [1.807, 2.05) is 0 Å². The molecule has 0 fully saturated rings. The standard InChI is InChI=1S/C12H11F3N2O/c1-7-4-17-12(18-7)6-16-5-8-2-10(14)11(15)3-9(8)13/h2-4,16H,5-6H2,1H3. The predicted molar refractivity (Wildman–Crippen MR) is 58.1 cm³/mol. The number of rotatable bonds is 4. The van der Waals surface area contributed by atoms with Crippen molar-refractivity contribution < 1.29 is 17.6 Å². The van der Waals surface area contributed by atoms with Crippen LogP contribution in [-0.2, 0) is 13.1 Å². The van der Waals surface area contributed by atoms with E-state index in [1.165, 1.54) is 0 Å². The molecule has 0 radical (unpaired) electrons. The van der Waals surface area contributed by atoms with Crippen molar-refractivity contribution in [3.63, 3.8) is 0 Å². The molecule has 0 saturated carbocycles. The van der Waals surface area contributed by atoms with E-state index in [0.29, 0.717) is 17.7 Å². The van der Waals surface area contributed by atoms with Crippen molar-refractivity contribution in [1.29, 1.82) is 0 Å². The van der Waals surface area contributed by atoms with E-state index in [0.717, 1.165) is 6.07 Å². The van der Waals surface area contributed by atoms with Gasteiger partial charge in [-0.25, -0.2) is 18.2 Å². The summed E-state index contributed by atoms with van der Waals surface area (Å²) in [4.78, 5) is 3.94. The van der Waals surface area contributed by atoms with E-state index >= 15 is 0 Å². The number of hydrogen-bond acceptors (Lipinski definition) is 3. The van der Waals surface area contributed by atoms with Crippen molar-refractivity contribution in [1.82, 2.24) is 10.3 Å². The summed E-state index contributed by atoms with van der Waals surface area (Å²) in [6.07, 6.45) is 1.56. The first-order valence-electron chi connectivity index (χ1n) is 5.31. The fourth-order valence-corrected chi connectivity index (χ4v) is 1.49. The minimum atomic E-state index is -1.19. The molecule has 0 atom stereocenters. The summed E-state index contributed by atoms with van der Waals surface area (Å²) >= 11 is 0. The molecule has 96 valence electrons. The molecule has 0 bridgehead atoms. The second-order valence-corrected chi connectivity index (χ2v) is 3.83. The molecule has 0 aliphatic carbocycles. The smallest absolute Gasteiger partial charge is 0.208 e. The Hall–Kier alpha value is -1.82. The number of nitrogens with one attached hydrogen (secondary N) is 1. The Morgan fingerprint density at radius 2 is 1.83 bits per heavy atom. The molecular formula is C12H11F3N2O. The third kappa shape index (κ3) is 2.89. The van der Waals surface area contributed by atoms with E-state index < -0.39 is 17.5 Å². The van der Waals surface area contributed by atoms with Crippen LogP contribution >= 0.6 is 0 Å². The number of aryl methyl sites for hydroxylation is 1. The maximum absolute atomic E-state index is 13.3. The first kappa shape index (κ1) is 12.6. The molecule has 2 aromatic rings. The Bertz CT molecular complexity index is 554. The van der Waals surface area contributed by atoms with Crippen LogP contribution in [0, 0.1) is 24.4 Å². The van der Waals surface area contributed by atoms with Crippen molar-refractivity contribution in [2.75, 3.05) is 0 Å². The molecule has 1 N–H and O–H groups in total. The van der Waals surface area contributed by atoms with Crippen molar-refractivity contribution in [3.8, 4) is 0 Å². The first-order valence-corrected chi connectivity index (χ1v) is 5.31. The van der Waals surface area contributed by atoms with Gasteiger partial charge in [-0.3, -0.25) is 0 Å². The number of aromatic nitrogens is 1. The summed E-state index contributed by atoms with van der Waals surface area (Å²) in [5, 5.41) is 2.83. The molecule has 0 saturated heterocycles. The molecule has 0 aliphatic heterocycles. The zero-order valence-corrected chi connectivity index (χ0v) is 9.64. The van der Waals surface area contributed by atoms with Crippen LogP contribution in [0.25, 0.3) is 0 Å². The van der Waals surface area contributed by atoms with E-state index in [2.05, 4.69) is 10.3 Å². The minimum absolute atomic E-state index is 0.0529. The first-order chi connectivity index (χ1) is 8.56. The minimum Gasteiger partial charge on any atom is -0.445 e. The third-order valence-corrected chi connectivity index (χ3v) is 2.35. The number of benzene rings is 1. The van der Waals surface area contributed by atoms with Gasteiger partial charge < -0.3 is 9.73 Å². The van der Waals surface area contributed by atoms with Gasteiger partial charge in [0, 0.05) is 18.2 Å². The van der Waals surface area contributed by atoms with Gasteiger partial charge in [-0.05, 0) is 13.0 Å². The maximum atomic E-state index is 13.3. The lowest BCUT2D eigenvalue weighted by molar-refractivity contribution is 0.444. The van der Waals surface area contributed by atoms with Crippen LogP contribution in [0.4, 0.5) is 13.2 Å². The number of oxazole rings is 1. The number of nitrogens with zero attached hydrogens (tertiary/aromatic N) is 1. The second kappa shape index (κ2) is 5.22. The average molecular weight is 256 g/mol. The highest BCUT2D eigenvalue weighted by atomic mass is 19.2. The van der Waals surface area contributed by atoms with Gasteiger partial charge in [-0.15, -0.1) is 0 Å². The zero-order valence-electron chi connectivity index (χ0n) is 9.64. The topological polar surface area (TPSA) is 38.1 Å². The van der Waals surface area contributed by atoms with Crippen molar-refractivity contribution >= 4 is 0 Å². The van der Waals surface area contributed by atoms with Gasteiger partial charge in [0.15, 0.2) is 11.6 Å². The summed E-state index contributed by atoms with van der Waals surface area (Å²) in [6.45, 7) is 2.10. The van der Waals surface area contributed by atoms with Gasteiger partial charge in [0.05, 0.1) is 12.7 Å². The molecule has 2 rings (SSSR count). The Balaban J connectivity index is 1.96. The maximum Gasteiger partial charge on any atom is 0.208 e. The predicted octanol–water partition coefficient (Wildman–Crippen LogP) is 2.69. The monoisotopic (exact) mass is 256 g/mol. The Morgan fingerprint density at radius 1 is 1.11 bits per heavy atom. The lowest BCUT2D eigenvalue weighted by Crippen LogP contribution is -2.14. The largest absolute Gasteiger partial charge is 0.445 e. The number of halogens is 3. The van der Waals surface area contributed by atoms with E-state index in [4.69, 9.17) is 4.42 Å². The van der Waals surface area contributed by atoms with Crippen LogP contribution in [0.3, 0.4) is 0 Å². The van der Waals surface area contributed by atoms with Crippen LogP contribution in [0.1, 0.15) is 17.2 Å². The van der Waals surface area contributed by atoms with E-state index in [-0.39, 0.29) is 18.7 Å². The summed E-state index contributed by atoms with van der Waals surface area (Å²) in [5.74, 6) is -1.92. The van der Waals surface area contributed by atoms with Gasteiger partial charge >= 0.3 is 0 Å². The lowest BCUT2D eigenvalue weighted by atomic mass is 10.2. The molecular weight excluding hydrogens is 245 g/mol. The Kier molecular flexibility index (Phi) is 3.66. The van der Waals surface area contributed by atoms with E-state index in [9.17, 15) is 13.2 Å². The summed E-state index contributed by atoms with van der Waals surface area (Å²) in [5.41, 5.74) is 0.0529. The van der Waals surface area contributed by atoms with Gasteiger partial charge in [0.1, 0.15) is 11.6 Å². The molecule has 1 aromatic heterocycles. The van der Waals surface area contributed by atoms with Gasteiger partial charge in [-0.2, -0.15) is 0 Å². The molecule has 0 spiro atoms. The molecule has 1 aromatic carbocycles. The highest BCUT2D eigenvalue weighted by molar-refractivity contribution is 5.19.